The van der Waals surface area contributed by atoms with Gasteiger partial charge in [-0.3, -0.25) is 0 Å². The number of hydrogen-bond donors (Lipinski definition) is 0. The summed E-state index contributed by atoms with van der Waals surface area (Å²) in [6, 6.07) is 0. The largest absolute Gasteiger partial charge is 0.213 e. The van der Waals surface area contributed by atoms with Gasteiger partial charge in [-0.1, -0.05) is 29.8 Å². The van der Waals surface area contributed by atoms with Gasteiger partial charge in [-0.05, 0) is 5.41 Å². The highest BCUT2D eigenvalue weighted by Crippen LogP contribution is 2.35. The molecule has 1 saturated heterocycles. The number of rotatable bonds is 1. The predicted octanol–water partition coefficient (Wildman–Crippen LogP) is 1.05. The summed E-state index contributed by atoms with van der Waals surface area (Å²) in [7, 11) is -3.00. The van der Waals surface area contributed by atoms with E-state index in [1.165, 1.54) is 10.6 Å². The molecule has 1 aliphatic rings. The van der Waals surface area contributed by atoms with E-state index in [-0.39, 0.29) is 10.2 Å². The maximum absolute atomic E-state index is 11.2. The Kier molecular flexibility index (Phi) is 2.58. The minimum absolute atomic E-state index is 0.0447. The summed E-state index contributed by atoms with van der Waals surface area (Å²) >= 11 is 3.49. The average Bonchev–Trinajstić information content (AvgIpc) is 2.06. The van der Waals surface area contributed by atoms with Crippen LogP contribution in [0, 0.1) is 5.41 Å². The third kappa shape index (κ3) is 2.00. The molecule has 0 aromatic carbocycles. The van der Waals surface area contributed by atoms with E-state index < -0.39 is 10.0 Å². The van der Waals surface area contributed by atoms with Crippen LogP contribution < -0.4 is 0 Å². The van der Waals surface area contributed by atoms with Crippen molar-refractivity contribution in [3.63, 3.8) is 0 Å². The summed E-state index contributed by atoms with van der Waals surface area (Å²) in [5.41, 5.74) is 0.0447. The van der Waals surface area contributed by atoms with Crippen molar-refractivity contribution in [2.45, 2.75) is 18.7 Å². The van der Waals surface area contributed by atoms with E-state index >= 15 is 0 Å². The lowest BCUT2D eigenvalue weighted by Crippen LogP contribution is -2.29. The number of sulfonamides is 1. The van der Waals surface area contributed by atoms with Gasteiger partial charge in [-0.2, -0.15) is 0 Å². The summed E-state index contributed by atoms with van der Waals surface area (Å²) in [6.45, 7) is 5.34. The smallest absolute Gasteiger partial charge is 0.211 e. The van der Waals surface area contributed by atoms with Crippen LogP contribution in [0.1, 0.15) is 13.8 Å². The van der Waals surface area contributed by atoms with Crippen LogP contribution in [0.4, 0.5) is 0 Å². The number of nitrogens with zero attached hydrogens (tertiary/aromatic N) is 1. The molecule has 0 saturated carbocycles. The van der Waals surface area contributed by atoms with E-state index in [0.717, 1.165) is 0 Å². The molecule has 1 rings (SSSR count). The van der Waals surface area contributed by atoms with Crippen molar-refractivity contribution in [2.75, 3.05) is 19.3 Å². The molecule has 5 heteroatoms. The molecule has 0 aromatic heterocycles. The quantitative estimate of drug-likeness (QED) is 0.658. The Balaban J connectivity index is 2.81. The van der Waals surface area contributed by atoms with Gasteiger partial charge in [-0.15, -0.1) is 0 Å². The minimum Gasteiger partial charge on any atom is -0.213 e. The summed E-state index contributed by atoms with van der Waals surface area (Å²) in [5, 5.41) is 0. The molecule has 0 N–H and O–H groups in total. The van der Waals surface area contributed by atoms with Crippen molar-refractivity contribution in [3.05, 3.63) is 0 Å². The van der Waals surface area contributed by atoms with Crippen molar-refractivity contribution in [3.8, 4) is 0 Å². The second-order valence-corrected chi connectivity index (χ2v) is 7.10. The van der Waals surface area contributed by atoms with Crippen molar-refractivity contribution >= 4 is 26.0 Å². The second kappa shape index (κ2) is 2.96. The average molecular weight is 256 g/mol. The fourth-order valence-electron chi connectivity index (χ4n) is 1.30. The predicted molar refractivity (Wildman–Crippen MR) is 52.9 cm³/mol. The Morgan fingerprint density at radius 2 is 2.00 bits per heavy atom. The highest BCUT2D eigenvalue weighted by atomic mass is 79.9. The molecule has 0 amide bonds. The molecular weight excluding hydrogens is 242 g/mol. The topological polar surface area (TPSA) is 37.4 Å². The van der Waals surface area contributed by atoms with Crippen LogP contribution in [-0.2, 0) is 10.0 Å². The van der Waals surface area contributed by atoms with Crippen LogP contribution in [0.5, 0.6) is 0 Å². The first kappa shape index (κ1) is 10.5. The first-order chi connectivity index (χ1) is 5.23. The molecule has 72 valence electrons. The molecule has 1 fully saturated rings. The molecule has 1 aliphatic heterocycles. The van der Waals surface area contributed by atoms with Gasteiger partial charge in [0.15, 0.2) is 0 Å². The second-order valence-electron chi connectivity index (χ2n) is 4.01. The van der Waals surface area contributed by atoms with Gasteiger partial charge in [0.25, 0.3) is 0 Å². The van der Waals surface area contributed by atoms with E-state index in [9.17, 15) is 8.42 Å². The maximum Gasteiger partial charge on any atom is 0.211 e. The fraction of sp³-hybridized carbons (Fsp3) is 1.00. The van der Waals surface area contributed by atoms with E-state index in [1.54, 1.807) is 0 Å². The Hall–Kier alpha value is 0.390. The van der Waals surface area contributed by atoms with Crippen LogP contribution in [-0.4, -0.2) is 36.9 Å². The molecule has 0 aromatic rings. The number of hydrogen-bond acceptors (Lipinski definition) is 2. The van der Waals surface area contributed by atoms with Crippen LogP contribution in [0.15, 0.2) is 0 Å². The van der Waals surface area contributed by atoms with E-state index in [1.807, 2.05) is 0 Å². The summed E-state index contributed by atoms with van der Waals surface area (Å²) < 4.78 is 23.9. The van der Waals surface area contributed by atoms with Gasteiger partial charge in [0.2, 0.25) is 10.0 Å². The highest BCUT2D eigenvalue weighted by molar-refractivity contribution is 9.09. The third-order valence-corrected chi connectivity index (χ3v) is 5.01. The minimum atomic E-state index is -3.00. The Morgan fingerprint density at radius 3 is 2.17 bits per heavy atom. The van der Waals surface area contributed by atoms with E-state index in [2.05, 4.69) is 29.8 Å². The molecule has 0 aliphatic carbocycles. The maximum atomic E-state index is 11.2. The van der Waals surface area contributed by atoms with E-state index in [4.69, 9.17) is 0 Å². The first-order valence-electron chi connectivity index (χ1n) is 3.83. The number of halogens is 1. The molecular formula is C7H14BrNO2S. The zero-order chi connectivity index (χ0) is 9.57. The molecule has 12 heavy (non-hydrogen) atoms. The van der Waals surface area contributed by atoms with Gasteiger partial charge in [0.1, 0.15) is 0 Å². The third-order valence-electron chi connectivity index (χ3n) is 2.26. The number of alkyl halides is 1. The van der Waals surface area contributed by atoms with Crippen molar-refractivity contribution < 1.29 is 8.42 Å². The monoisotopic (exact) mass is 255 g/mol. The molecule has 3 nitrogen and oxygen atoms in total. The van der Waals surface area contributed by atoms with Gasteiger partial charge < -0.3 is 0 Å². The lowest BCUT2D eigenvalue weighted by atomic mass is 9.93. The van der Waals surface area contributed by atoms with Crippen molar-refractivity contribution in [2.24, 2.45) is 5.41 Å². The Labute approximate surface area is 82.3 Å². The van der Waals surface area contributed by atoms with Gasteiger partial charge in [0.05, 0.1) is 6.26 Å². The van der Waals surface area contributed by atoms with Gasteiger partial charge in [0, 0.05) is 17.9 Å². The molecule has 1 atom stereocenters. The van der Waals surface area contributed by atoms with Crippen molar-refractivity contribution in [1.29, 1.82) is 0 Å². The first-order valence-corrected chi connectivity index (χ1v) is 6.59. The van der Waals surface area contributed by atoms with Gasteiger partial charge in [-0.25, -0.2) is 12.7 Å². The normalized spacial score (nSPS) is 30.8. The summed E-state index contributed by atoms with van der Waals surface area (Å²) in [6.07, 6.45) is 1.26. The van der Waals surface area contributed by atoms with Crippen LogP contribution in [0.2, 0.25) is 0 Å². The van der Waals surface area contributed by atoms with Crippen LogP contribution in [0.25, 0.3) is 0 Å². The van der Waals surface area contributed by atoms with Crippen LogP contribution in [0.3, 0.4) is 0 Å². The molecule has 1 unspecified atom stereocenters. The van der Waals surface area contributed by atoms with Crippen LogP contribution >= 0.6 is 15.9 Å². The SMILES string of the molecule is CC1(C)CN(S(C)(=O)=O)CC1Br. The van der Waals surface area contributed by atoms with E-state index in [0.29, 0.717) is 13.1 Å². The zero-order valence-electron chi connectivity index (χ0n) is 7.54. The Morgan fingerprint density at radius 1 is 1.50 bits per heavy atom. The standard InChI is InChI=1S/C7H14BrNO2S/c1-7(2)5-9(4-6(7)8)12(3,10)11/h6H,4-5H2,1-3H3. The molecule has 0 radical (unpaired) electrons. The fourth-order valence-corrected chi connectivity index (χ4v) is 2.97. The lowest BCUT2D eigenvalue weighted by molar-refractivity contribution is 0.383. The zero-order valence-corrected chi connectivity index (χ0v) is 9.94. The summed E-state index contributed by atoms with van der Waals surface area (Å²) in [4.78, 5) is 0.264. The van der Waals surface area contributed by atoms with Crippen molar-refractivity contribution in [1.82, 2.24) is 4.31 Å². The highest BCUT2D eigenvalue weighted by Gasteiger charge is 2.41. The Bertz CT molecular complexity index is 273. The summed E-state index contributed by atoms with van der Waals surface area (Å²) in [5.74, 6) is 0. The molecule has 0 spiro atoms. The lowest BCUT2D eigenvalue weighted by Gasteiger charge is -2.20. The van der Waals surface area contributed by atoms with Gasteiger partial charge >= 0.3 is 0 Å². The molecule has 0 bridgehead atoms. The molecule has 1 heterocycles.